The number of fused-ring (bicyclic) bond motifs is 1. The Labute approximate surface area is 157 Å². The molecule has 1 N–H and O–H groups in total. The lowest BCUT2D eigenvalue weighted by atomic mass is 10.0. The number of rotatable bonds is 6. The first kappa shape index (κ1) is 19.0. The summed E-state index contributed by atoms with van der Waals surface area (Å²) in [5, 5.41) is 4.37. The van der Waals surface area contributed by atoms with Gasteiger partial charge in [0.1, 0.15) is 21.9 Å². The van der Waals surface area contributed by atoms with Crippen LogP contribution in [-0.4, -0.2) is 65.8 Å². The molecule has 0 spiro atoms. The van der Waals surface area contributed by atoms with Crippen molar-refractivity contribution in [2.45, 2.75) is 33.2 Å². The van der Waals surface area contributed by atoms with E-state index in [-0.39, 0.29) is 11.5 Å². The van der Waals surface area contributed by atoms with Crippen LogP contribution in [0.3, 0.4) is 0 Å². The molecule has 0 amide bonds. The highest BCUT2D eigenvalue weighted by atomic mass is 32.1. The molecule has 1 aliphatic heterocycles. The van der Waals surface area contributed by atoms with Crippen LogP contribution in [0.1, 0.15) is 36.0 Å². The van der Waals surface area contributed by atoms with Gasteiger partial charge in [-0.15, -0.1) is 11.3 Å². The van der Waals surface area contributed by atoms with Gasteiger partial charge in [-0.05, 0) is 33.3 Å². The average Bonchev–Trinajstić information content (AvgIpc) is 2.98. The number of hydrogen-bond acceptors (Lipinski definition) is 8. The number of esters is 1. The van der Waals surface area contributed by atoms with Gasteiger partial charge >= 0.3 is 5.97 Å². The molecular formula is C18H26N4O3S. The van der Waals surface area contributed by atoms with Crippen LogP contribution in [0, 0.1) is 6.92 Å². The Kier molecular flexibility index (Phi) is 5.74. The number of carbonyl (C=O) groups excluding carboxylic acids is 1. The molecule has 0 saturated carbocycles. The van der Waals surface area contributed by atoms with Crippen molar-refractivity contribution in [2.75, 3.05) is 44.8 Å². The Morgan fingerprint density at radius 1 is 1.38 bits per heavy atom. The van der Waals surface area contributed by atoms with E-state index in [0.717, 1.165) is 54.4 Å². The van der Waals surface area contributed by atoms with Crippen molar-refractivity contribution < 1.29 is 14.3 Å². The Hall–Kier alpha value is -1.77. The monoisotopic (exact) mass is 378 g/mol. The van der Waals surface area contributed by atoms with E-state index in [1.165, 1.54) is 17.7 Å². The van der Waals surface area contributed by atoms with Crippen molar-refractivity contribution in [1.29, 1.82) is 0 Å². The highest BCUT2D eigenvalue weighted by Gasteiger charge is 2.29. The summed E-state index contributed by atoms with van der Waals surface area (Å²) < 4.78 is 10.6. The van der Waals surface area contributed by atoms with Crippen LogP contribution < -0.4 is 5.32 Å². The van der Waals surface area contributed by atoms with Gasteiger partial charge in [0, 0.05) is 25.2 Å². The van der Waals surface area contributed by atoms with E-state index in [1.807, 2.05) is 6.92 Å². The van der Waals surface area contributed by atoms with Gasteiger partial charge in [0.25, 0.3) is 0 Å². The number of hydrogen-bond donors (Lipinski definition) is 1. The maximum atomic E-state index is 12.2. The van der Waals surface area contributed by atoms with Gasteiger partial charge in [-0.3, -0.25) is 4.90 Å². The minimum atomic E-state index is -0.299. The lowest BCUT2D eigenvalue weighted by molar-refractivity contribution is -0.00569. The van der Waals surface area contributed by atoms with Crippen LogP contribution in [0.25, 0.3) is 10.2 Å². The average molecular weight is 378 g/mol. The highest BCUT2D eigenvalue weighted by molar-refractivity contribution is 7.20. The van der Waals surface area contributed by atoms with Crippen LogP contribution in [0.4, 0.5) is 5.82 Å². The second kappa shape index (κ2) is 7.85. The van der Waals surface area contributed by atoms with Gasteiger partial charge in [-0.25, -0.2) is 14.8 Å². The minimum absolute atomic E-state index is 0.0328. The molecule has 0 radical (unpaired) electrons. The van der Waals surface area contributed by atoms with Crippen LogP contribution in [-0.2, 0) is 9.47 Å². The molecule has 142 valence electrons. The Bertz CT molecular complexity index is 784. The Morgan fingerprint density at radius 2 is 2.12 bits per heavy atom. The molecule has 0 aromatic carbocycles. The maximum absolute atomic E-state index is 12.2. The van der Waals surface area contributed by atoms with Gasteiger partial charge < -0.3 is 14.8 Å². The van der Waals surface area contributed by atoms with E-state index in [2.05, 4.69) is 34.0 Å². The van der Waals surface area contributed by atoms with Crippen molar-refractivity contribution in [2.24, 2.45) is 0 Å². The number of thiophene rings is 1. The van der Waals surface area contributed by atoms with E-state index < -0.39 is 0 Å². The van der Waals surface area contributed by atoms with Gasteiger partial charge in [0.2, 0.25) is 0 Å². The largest absolute Gasteiger partial charge is 0.462 e. The summed E-state index contributed by atoms with van der Waals surface area (Å²) in [6.45, 7) is 12.7. The van der Waals surface area contributed by atoms with Gasteiger partial charge in [-0.1, -0.05) is 0 Å². The molecule has 2 aromatic rings. The number of carbonyl (C=O) groups is 1. The lowest BCUT2D eigenvalue weighted by Crippen LogP contribution is -2.53. The maximum Gasteiger partial charge on any atom is 0.348 e. The first-order chi connectivity index (χ1) is 12.4. The number of anilines is 1. The molecule has 0 unspecified atom stereocenters. The summed E-state index contributed by atoms with van der Waals surface area (Å²) in [6, 6.07) is 0. The van der Waals surface area contributed by atoms with Crippen LogP contribution in [0.15, 0.2) is 6.33 Å². The molecule has 1 saturated heterocycles. The van der Waals surface area contributed by atoms with Crippen molar-refractivity contribution in [1.82, 2.24) is 14.9 Å². The SMILES string of the molecule is CCOC(=O)c1sc2ncnc(NCC(C)(C)N3CCOCC3)c2c1C. The molecule has 1 fully saturated rings. The standard InChI is InChI=1S/C18H26N4O3S/c1-5-25-17(23)14-12(2)13-15(20-11-21-16(13)26-14)19-10-18(3,4)22-6-8-24-9-7-22/h11H,5-10H2,1-4H3,(H,19,20,21). The van der Waals surface area contributed by atoms with E-state index in [0.29, 0.717) is 11.5 Å². The highest BCUT2D eigenvalue weighted by Crippen LogP contribution is 2.34. The number of nitrogens with one attached hydrogen (secondary N) is 1. The van der Waals surface area contributed by atoms with E-state index in [4.69, 9.17) is 9.47 Å². The van der Waals surface area contributed by atoms with Crippen LogP contribution in [0.5, 0.6) is 0 Å². The normalized spacial score (nSPS) is 16.0. The number of aromatic nitrogens is 2. The number of nitrogens with zero attached hydrogens (tertiary/aromatic N) is 3. The molecule has 1 aliphatic rings. The molecule has 3 heterocycles. The summed E-state index contributed by atoms with van der Waals surface area (Å²) in [5.41, 5.74) is 0.838. The fraction of sp³-hybridized carbons (Fsp3) is 0.611. The third-order valence-electron chi connectivity index (χ3n) is 4.74. The third-order valence-corrected chi connectivity index (χ3v) is 5.92. The molecule has 26 heavy (non-hydrogen) atoms. The first-order valence-corrected chi connectivity index (χ1v) is 9.73. The third kappa shape index (κ3) is 3.82. The fourth-order valence-corrected chi connectivity index (χ4v) is 4.22. The zero-order valence-corrected chi connectivity index (χ0v) is 16.6. The van der Waals surface area contributed by atoms with Crippen LogP contribution in [0.2, 0.25) is 0 Å². The van der Waals surface area contributed by atoms with E-state index in [1.54, 1.807) is 6.92 Å². The predicted molar refractivity (Wildman–Crippen MR) is 103 cm³/mol. The number of ether oxygens (including phenoxy) is 2. The van der Waals surface area contributed by atoms with Gasteiger partial charge in [0.15, 0.2) is 0 Å². The summed E-state index contributed by atoms with van der Waals surface area (Å²) in [6.07, 6.45) is 1.54. The second-order valence-electron chi connectivity index (χ2n) is 6.94. The molecule has 0 bridgehead atoms. The first-order valence-electron chi connectivity index (χ1n) is 8.92. The second-order valence-corrected chi connectivity index (χ2v) is 7.94. The predicted octanol–water partition coefficient (Wildman–Crippen LogP) is 2.70. The van der Waals surface area contributed by atoms with Crippen molar-refractivity contribution in [3.05, 3.63) is 16.8 Å². The summed E-state index contributed by atoms with van der Waals surface area (Å²) in [5.74, 6) is 0.466. The lowest BCUT2D eigenvalue weighted by Gasteiger charge is -2.41. The number of aryl methyl sites for hydroxylation is 1. The molecule has 7 nitrogen and oxygen atoms in total. The summed E-state index contributed by atoms with van der Waals surface area (Å²) >= 11 is 1.35. The summed E-state index contributed by atoms with van der Waals surface area (Å²) in [4.78, 5) is 24.7. The zero-order valence-electron chi connectivity index (χ0n) is 15.8. The van der Waals surface area contributed by atoms with E-state index >= 15 is 0 Å². The van der Waals surface area contributed by atoms with Crippen molar-refractivity contribution in [3.8, 4) is 0 Å². The quantitative estimate of drug-likeness (QED) is 0.775. The molecule has 2 aromatic heterocycles. The van der Waals surface area contributed by atoms with Crippen molar-refractivity contribution >= 4 is 33.3 Å². The van der Waals surface area contributed by atoms with Crippen molar-refractivity contribution in [3.63, 3.8) is 0 Å². The number of morpholine rings is 1. The topological polar surface area (TPSA) is 76.6 Å². The minimum Gasteiger partial charge on any atom is -0.462 e. The molecule has 8 heteroatoms. The Balaban J connectivity index is 1.82. The molecule has 3 rings (SSSR count). The fourth-order valence-electron chi connectivity index (χ4n) is 3.18. The van der Waals surface area contributed by atoms with E-state index in [9.17, 15) is 4.79 Å². The molecule has 0 aliphatic carbocycles. The van der Waals surface area contributed by atoms with Crippen LogP contribution >= 0.6 is 11.3 Å². The zero-order chi connectivity index (χ0) is 18.7. The Morgan fingerprint density at radius 3 is 2.81 bits per heavy atom. The molecule has 0 atom stereocenters. The van der Waals surface area contributed by atoms with Gasteiger partial charge in [0.05, 0.1) is 25.2 Å². The summed E-state index contributed by atoms with van der Waals surface area (Å²) in [7, 11) is 0. The van der Waals surface area contributed by atoms with Gasteiger partial charge in [-0.2, -0.15) is 0 Å². The molecular weight excluding hydrogens is 352 g/mol. The smallest absolute Gasteiger partial charge is 0.348 e.